The molecule has 4 heteroatoms. The van der Waals surface area contributed by atoms with Crippen LogP contribution in [-0.4, -0.2) is 28.7 Å². The molecule has 0 spiro atoms. The Morgan fingerprint density at radius 1 is 1.40 bits per heavy atom. The van der Waals surface area contributed by atoms with Crippen LogP contribution in [0.4, 0.5) is 4.79 Å². The molecule has 0 bridgehead atoms. The van der Waals surface area contributed by atoms with E-state index in [0.717, 1.165) is 0 Å². The molecule has 10 heavy (non-hydrogen) atoms. The third-order valence-corrected chi connectivity index (χ3v) is 1.29. The average molecular weight is 234 g/mol. The molecule has 0 aromatic heterocycles. The fourth-order valence-corrected chi connectivity index (χ4v) is 0.287. The van der Waals surface area contributed by atoms with Gasteiger partial charge in [0.05, 0.1) is 0 Å². The van der Waals surface area contributed by atoms with Crippen molar-refractivity contribution in [3.05, 3.63) is 0 Å². The van der Waals surface area contributed by atoms with Gasteiger partial charge in [0, 0.05) is 32.1 Å². The summed E-state index contributed by atoms with van der Waals surface area (Å²) in [6.45, 7) is 5.54. The molecule has 1 amide bonds. The Hall–Kier alpha value is -0.107. The van der Waals surface area contributed by atoms with Crippen molar-refractivity contribution in [2.75, 3.05) is 7.05 Å². The maximum atomic E-state index is 10.3. The average Bonchev–Trinajstić information content (AvgIpc) is 1.62. The number of hydrogen-bond acceptors (Lipinski definition) is 1. The molecule has 0 aliphatic heterocycles. The molecule has 1 N–H and O–H groups in total. The molecule has 1 radical (unpaired) electrons. The summed E-state index contributed by atoms with van der Waals surface area (Å²) in [6.07, 6.45) is -0.887. The fourth-order valence-electron chi connectivity index (χ4n) is 0.287. The normalized spacial score (nSPS) is 10.0. The van der Waals surface area contributed by atoms with Crippen molar-refractivity contribution in [1.29, 1.82) is 0 Å². The predicted octanol–water partition coefficient (Wildman–Crippen LogP) is 1.39. The Morgan fingerprint density at radius 2 is 1.70 bits per heavy atom. The zero-order valence-corrected chi connectivity index (χ0v) is 8.27. The van der Waals surface area contributed by atoms with Gasteiger partial charge in [-0.15, -0.1) is 0 Å². The summed E-state index contributed by atoms with van der Waals surface area (Å²) in [5.74, 6) is 0. The van der Waals surface area contributed by atoms with Crippen molar-refractivity contribution in [3.8, 4) is 0 Å². The maximum absolute atomic E-state index is 10.3. The van der Waals surface area contributed by atoms with E-state index in [1.807, 2.05) is 20.8 Å². The second-order valence-electron chi connectivity index (χ2n) is 3.01. The molecule has 0 saturated heterocycles. The van der Waals surface area contributed by atoms with Gasteiger partial charge >= 0.3 is 6.09 Å². The van der Waals surface area contributed by atoms with Crippen LogP contribution in [0.3, 0.4) is 0 Å². The molecular weight excluding hydrogens is 221 g/mol. The molecule has 0 heterocycles. The van der Waals surface area contributed by atoms with E-state index in [2.05, 4.69) is 0 Å². The van der Waals surface area contributed by atoms with E-state index in [1.165, 1.54) is 4.90 Å². The molecule has 0 saturated carbocycles. The molecule has 0 rings (SSSR count). The minimum atomic E-state index is -0.887. The van der Waals surface area contributed by atoms with Gasteiger partial charge in [-0.05, 0) is 20.8 Å². The van der Waals surface area contributed by atoms with E-state index in [9.17, 15) is 4.79 Å². The van der Waals surface area contributed by atoms with Crippen LogP contribution in [-0.2, 0) is 19.5 Å². The fraction of sp³-hybridized carbons (Fsp3) is 0.833. The van der Waals surface area contributed by atoms with Crippen molar-refractivity contribution in [3.63, 3.8) is 0 Å². The Bertz CT molecular complexity index is 119. The summed E-state index contributed by atoms with van der Waals surface area (Å²) in [5.41, 5.74) is -0.286. The number of nitrogens with zero attached hydrogens (tertiary/aromatic N) is 1. The first-order valence-electron chi connectivity index (χ1n) is 2.82. The number of carboxylic acid groups (broad SMARTS) is 1. The zero-order valence-electron chi connectivity index (χ0n) is 6.64. The third-order valence-electron chi connectivity index (χ3n) is 1.29. The SMILES string of the molecule is CN(C(=O)O)C(C)(C)C.[Rh]. The van der Waals surface area contributed by atoms with Crippen LogP contribution >= 0.6 is 0 Å². The van der Waals surface area contributed by atoms with Crippen molar-refractivity contribution < 1.29 is 29.4 Å². The van der Waals surface area contributed by atoms with Crippen LogP contribution in [0.5, 0.6) is 0 Å². The molecule has 0 aromatic carbocycles. The van der Waals surface area contributed by atoms with Gasteiger partial charge in [0.2, 0.25) is 0 Å². The summed E-state index contributed by atoms with van der Waals surface area (Å²) in [6, 6.07) is 0. The van der Waals surface area contributed by atoms with Crippen molar-refractivity contribution in [2.24, 2.45) is 0 Å². The van der Waals surface area contributed by atoms with E-state index < -0.39 is 6.09 Å². The summed E-state index contributed by atoms with van der Waals surface area (Å²) >= 11 is 0. The van der Waals surface area contributed by atoms with Crippen LogP contribution in [0.25, 0.3) is 0 Å². The van der Waals surface area contributed by atoms with Gasteiger partial charge in [0.1, 0.15) is 0 Å². The molecule has 0 aliphatic carbocycles. The smallest absolute Gasteiger partial charge is 0.407 e. The summed E-state index contributed by atoms with van der Waals surface area (Å²) in [4.78, 5) is 11.5. The molecule has 0 unspecified atom stereocenters. The second kappa shape index (κ2) is 3.92. The predicted molar refractivity (Wildman–Crippen MR) is 35.5 cm³/mol. The number of rotatable bonds is 0. The van der Waals surface area contributed by atoms with Crippen molar-refractivity contribution >= 4 is 6.09 Å². The Labute approximate surface area is 74.2 Å². The first kappa shape index (κ1) is 12.6. The van der Waals surface area contributed by atoms with Crippen LogP contribution in [0, 0.1) is 0 Å². The molecule has 0 aromatic rings. The number of carbonyl (C=O) groups is 1. The third kappa shape index (κ3) is 3.83. The van der Waals surface area contributed by atoms with E-state index in [0.29, 0.717) is 0 Å². The molecule has 0 aliphatic rings. The van der Waals surface area contributed by atoms with Gasteiger partial charge < -0.3 is 10.0 Å². The van der Waals surface area contributed by atoms with Gasteiger partial charge in [-0.2, -0.15) is 0 Å². The Morgan fingerprint density at radius 3 is 1.70 bits per heavy atom. The minimum absolute atomic E-state index is 0. The summed E-state index contributed by atoms with van der Waals surface area (Å²) in [5, 5.41) is 8.44. The van der Waals surface area contributed by atoms with Crippen LogP contribution in [0.1, 0.15) is 20.8 Å². The summed E-state index contributed by atoms with van der Waals surface area (Å²) < 4.78 is 0. The first-order chi connectivity index (χ1) is 3.85. The van der Waals surface area contributed by atoms with E-state index in [4.69, 9.17) is 5.11 Å². The maximum Gasteiger partial charge on any atom is 0.407 e. The van der Waals surface area contributed by atoms with Crippen LogP contribution in [0.15, 0.2) is 0 Å². The van der Waals surface area contributed by atoms with Crippen molar-refractivity contribution in [2.45, 2.75) is 26.3 Å². The molecular formula is C6H13NO2Rh. The molecule has 0 atom stereocenters. The van der Waals surface area contributed by atoms with Gasteiger partial charge in [0.25, 0.3) is 0 Å². The molecule has 3 nitrogen and oxygen atoms in total. The number of amides is 1. The minimum Gasteiger partial charge on any atom is -0.465 e. The Balaban J connectivity index is 0. The quantitative estimate of drug-likeness (QED) is 0.643. The standard InChI is InChI=1S/C6H13NO2.Rh/c1-6(2,3)7(4)5(8)9;/h1-4H3,(H,8,9);. The van der Waals surface area contributed by atoms with Gasteiger partial charge in [-0.3, -0.25) is 0 Å². The monoisotopic (exact) mass is 234 g/mol. The van der Waals surface area contributed by atoms with Gasteiger partial charge in [-0.1, -0.05) is 0 Å². The zero-order chi connectivity index (χ0) is 7.65. The van der Waals surface area contributed by atoms with E-state index in [-0.39, 0.29) is 25.0 Å². The largest absolute Gasteiger partial charge is 0.465 e. The van der Waals surface area contributed by atoms with E-state index in [1.54, 1.807) is 7.05 Å². The van der Waals surface area contributed by atoms with Crippen LogP contribution in [0.2, 0.25) is 0 Å². The van der Waals surface area contributed by atoms with Crippen LogP contribution < -0.4 is 0 Å². The van der Waals surface area contributed by atoms with Gasteiger partial charge in [-0.25, -0.2) is 4.79 Å². The van der Waals surface area contributed by atoms with E-state index >= 15 is 0 Å². The first-order valence-corrected chi connectivity index (χ1v) is 2.82. The van der Waals surface area contributed by atoms with Gasteiger partial charge in [0.15, 0.2) is 0 Å². The second-order valence-corrected chi connectivity index (χ2v) is 3.01. The summed E-state index contributed by atoms with van der Waals surface area (Å²) in [7, 11) is 1.56. The van der Waals surface area contributed by atoms with Crippen molar-refractivity contribution in [1.82, 2.24) is 4.90 Å². The number of hydrogen-bond donors (Lipinski definition) is 1. The molecule has 63 valence electrons. The Kier molecular flexibility index (Phi) is 4.92. The molecule has 0 fully saturated rings. The topological polar surface area (TPSA) is 40.5 Å².